The number of hydrogen-bond donors (Lipinski definition) is 1. The van der Waals surface area contributed by atoms with Crippen LogP contribution in [0.4, 0.5) is 13.2 Å². The van der Waals surface area contributed by atoms with Crippen molar-refractivity contribution >= 4 is 17.3 Å². The molecule has 1 saturated heterocycles. The topological polar surface area (TPSA) is 91.8 Å². The summed E-state index contributed by atoms with van der Waals surface area (Å²) in [5.41, 5.74) is -3.58. The number of alkyl halides is 3. The van der Waals surface area contributed by atoms with E-state index in [1.54, 1.807) is 29.2 Å². The third-order valence-corrected chi connectivity index (χ3v) is 5.33. The first-order chi connectivity index (χ1) is 16.5. The van der Waals surface area contributed by atoms with Crippen molar-refractivity contribution in [2.45, 2.75) is 51.0 Å². The minimum Gasteiger partial charge on any atom is -0.490 e. The molecule has 2 heterocycles. The smallest absolute Gasteiger partial charge is 0.423 e. The molecule has 3 atom stereocenters. The highest BCUT2D eigenvalue weighted by Crippen LogP contribution is 2.32. The molecule has 3 rings (SSSR count). The largest absolute Gasteiger partial charge is 0.490 e. The zero-order valence-electron chi connectivity index (χ0n) is 18.8. The first-order valence-corrected chi connectivity index (χ1v) is 11.0. The van der Waals surface area contributed by atoms with Crippen LogP contribution in [0.25, 0.3) is 0 Å². The number of aromatic nitrogens is 2. The highest BCUT2D eigenvalue weighted by molar-refractivity contribution is 7.80. The van der Waals surface area contributed by atoms with Crippen LogP contribution >= 0.6 is 12.2 Å². The zero-order valence-corrected chi connectivity index (χ0v) is 19.7. The normalized spacial score (nSPS) is 20.0. The van der Waals surface area contributed by atoms with E-state index in [-0.39, 0.29) is 30.8 Å². The van der Waals surface area contributed by atoms with Gasteiger partial charge in [-0.25, -0.2) is 4.79 Å². The van der Waals surface area contributed by atoms with Crippen LogP contribution in [-0.4, -0.2) is 46.1 Å². The zero-order chi connectivity index (χ0) is 25.8. The summed E-state index contributed by atoms with van der Waals surface area (Å²) < 4.78 is 63.0. The molecule has 0 radical (unpaired) electrons. The number of aromatic amines is 1. The first kappa shape index (κ1) is 26.5. The summed E-state index contributed by atoms with van der Waals surface area (Å²) in [7, 11) is 0. The van der Waals surface area contributed by atoms with Crippen molar-refractivity contribution in [1.29, 1.82) is 0 Å². The van der Waals surface area contributed by atoms with Gasteiger partial charge in [0.2, 0.25) is 0 Å². The fraction of sp³-hybridized carbons (Fsp3) is 0.435. The lowest BCUT2D eigenvalue weighted by Gasteiger charge is -2.20. The van der Waals surface area contributed by atoms with E-state index in [2.05, 4.69) is 5.92 Å². The van der Waals surface area contributed by atoms with Crippen molar-refractivity contribution in [3.8, 4) is 18.1 Å². The van der Waals surface area contributed by atoms with E-state index in [1.165, 1.54) is 0 Å². The molecule has 1 fully saturated rings. The summed E-state index contributed by atoms with van der Waals surface area (Å²) in [4.78, 5) is 25.5. The van der Waals surface area contributed by atoms with Crippen LogP contribution < -0.4 is 16.0 Å². The number of halogens is 3. The number of hydrogen-bond acceptors (Lipinski definition) is 7. The summed E-state index contributed by atoms with van der Waals surface area (Å²) in [6, 6.07) is 7.02. The van der Waals surface area contributed by atoms with Crippen LogP contribution in [0, 0.1) is 12.3 Å². The van der Waals surface area contributed by atoms with Crippen LogP contribution in [0.15, 0.2) is 40.1 Å². The van der Waals surface area contributed by atoms with Crippen LogP contribution in [-0.2, 0) is 20.4 Å². The fourth-order valence-corrected chi connectivity index (χ4v) is 3.72. The Morgan fingerprint density at radius 2 is 2.06 bits per heavy atom. The fourth-order valence-electron chi connectivity index (χ4n) is 3.48. The predicted molar refractivity (Wildman–Crippen MR) is 123 cm³/mol. The second-order valence-electron chi connectivity index (χ2n) is 7.89. The van der Waals surface area contributed by atoms with Crippen molar-refractivity contribution in [2.75, 3.05) is 13.2 Å². The Balaban J connectivity index is 1.80. The minimum atomic E-state index is -4.96. The van der Waals surface area contributed by atoms with Crippen LogP contribution in [0.2, 0.25) is 0 Å². The Labute approximate surface area is 204 Å². The minimum absolute atomic E-state index is 0.0151. The maximum atomic E-state index is 13.2. The van der Waals surface area contributed by atoms with Gasteiger partial charge in [0.05, 0.1) is 17.8 Å². The van der Waals surface area contributed by atoms with Gasteiger partial charge in [-0.05, 0) is 38.2 Å². The van der Waals surface area contributed by atoms with Gasteiger partial charge in [-0.1, -0.05) is 18.1 Å². The van der Waals surface area contributed by atoms with Gasteiger partial charge < -0.3 is 18.9 Å². The van der Waals surface area contributed by atoms with E-state index in [4.69, 9.17) is 37.6 Å². The van der Waals surface area contributed by atoms with Crippen molar-refractivity contribution in [3.63, 3.8) is 0 Å². The SMILES string of the molecule is C#CCO[C@H]1C[C@H](n2cc(C(F)(F)F)c(=O)[nH]c2=O)O[C@@H]1COC(=S)c1ccccc1OC(C)C. The Morgan fingerprint density at radius 1 is 1.34 bits per heavy atom. The molecule has 0 saturated carbocycles. The lowest BCUT2D eigenvalue weighted by Crippen LogP contribution is -2.36. The summed E-state index contributed by atoms with van der Waals surface area (Å²) in [6.45, 7) is 3.50. The lowest BCUT2D eigenvalue weighted by molar-refractivity contribution is -0.139. The van der Waals surface area contributed by atoms with Gasteiger partial charge in [0.15, 0.2) is 5.05 Å². The lowest BCUT2D eigenvalue weighted by atomic mass is 10.1. The van der Waals surface area contributed by atoms with Gasteiger partial charge >= 0.3 is 11.9 Å². The molecular formula is C23H23F3N2O6S. The maximum Gasteiger partial charge on any atom is 0.423 e. The molecule has 1 aromatic heterocycles. The van der Waals surface area contributed by atoms with E-state index in [9.17, 15) is 22.8 Å². The molecule has 0 unspecified atom stereocenters. The van der Waals surface area contributed by atoms with Gasteiger partial charge in [0.25, 0.3) is 5.56 Å². The molecule has 1 aliphatic heterocycles. The molecule has 0 amide bonds. The second kappa shape index (κ2) is 11.1. The van der Waals surface area contributed by atoms with Crippen molar-refractivity contribution < 1.29 is 32.1 Å². The van der Waals surface area contributed by atoms with Gasteiger partial charge in [0.1, 0.15) is 36.9 Å². The van der Waals surface area contributed by atoms with Gasteiger partial charge in [-0.3, -0.25) is 14.3 Å². The highest BCUT2D eigenvalue weighted by atomic mass is 32.1. The molecule has 1 N–H and O–H groups in total. The molecule has 1 aliphatic rings. The predicted octanol–water partition coefficient (Wildman–Crippen LogP) is 3.04. The number of ether oxygens (including phenoxy) is 4. The molecular weight excluding hydrogens is 489 g/mol. The molecule has 0 aliphatic carbocycles. The van der Waals surface area contributed by atoms with E-state index in [0.717, 1.165) is 0 Å². The van der Waals surface area contributed by atoms with Crippen LogP contribution in [0.5, 0.6) is 5.75 Å². The Morgan fingerprint density at radius 3 is 2.71 bits per heavy atom. The van der Waals surface area contributed by atoms with E-state index in [0.29, 0.717) is 22.1 Å². The summed E-state index contributed by atoms with van der Waals surface area (Å²) in [5, 5.41) is 0.115. The molecule has 8 nitrogen and oxygen atoms in total. The highest BCUT2D eigenvalue weighted by Gasteiger charge is 2.40. The molecule has 188 valence electrons. The number of nitrogens with one attached hydrogen (secondary N) is 1. The monoisotopic (exact) mass is 512 g/mol. The van der Waals surface area contributed by atoms with Gasteiger partial charge in [-0.15, -0.1) is 6.42 Å². The summed E-state index contributed by atoms with van der Waals surface area (Å²) in [6.07, 6.45) is -2.09. The number of para-hydroxylation sites is 1. The number of thiocarbonyl (C=S) groups is 1. The maximum absolute atomic E-state index is 13.2. The summed E-state index contributed by atoms with van der Waals surface area (Å²) in [5.74, 6) is 2.83. The number of terminal acetylenes is 1. The van der Waals surface area contributed by atoms with E-state index in [1.807, 2.05) is 13.8 Å². The van der Waals surface area contributed by atoms with Crippen LogP contribution in [0.1, 0.15) is 37.6 Å². The number of rotatable bonds is 8. The summed E-state index contributed by atoms with van der Waals surface area (Å²) >= 11 is 5.39. The first-order valence-electron chi connectivity index (χ1n) is 10.6. The van der Waals surface area contributed by atoms with Crippen molar-refractivity contribution in [2.24, 2.45) is 0 Å². The average Bonchev–Trinajstić information content (AvgIpc) is 3.17. The number of benzene rings is 1. The third-order valence-electron chi connectivity index (χ3n) is 4.99. The Kier molecular flexibility index (Phi) is 8.37. The molecule has 35 heavy (non-hydrogen) atoms. The number of H-pyrrole nitrogens is 1. The standard InChI is InChI=1S/C23H23F3N2O6S/c1-4-9-31-17-10-19(28-11-15(23(24,25)26)20(29)27-22(28)30)34-18(17)12-32-21(35)14-7-5-6-8-16(14)33-13(2)3/h1,5-8,11,13,17-19H,9-10,12H2,2-3H3,(H,27,29,30)/t17-,18+,19+/m0/s1. The molecule has 1 aromatic carbocycles. The second-order valence-corrected chi connectivity index (χ2v) is 8.26. The third kappa shape index (κ3) is 6.50. The number of nitrogens with zero attached hydrogens (tertiary/aromatic N) is 1. The van der Waals surface area contributed by atoms with Crippen molar-refractivity contribution in [3.05, 3.63) is 62.4 Å². The Bertz CT molecular complexity index is 1220. The van der Waals surface area contributed by atoms with Crippen molar-refractivity contribution in [1.82, 2.24) is 9.55 Å². The van der Waals surface area contributed by atoms with Crippen LogP contribution in [0.3, 0.4) is 0 Å². The molecule has 12 heteroatoms. The molecule has 0 bridgehead atoms. The van der Waals surface area contributed by atoms with Gasteiger partial charge in [0, 0.05) is 12.6 Å². The average molecular weight is 513 g/mol. The quantitative estimate of drug-likeness (QED) is 0.430. The van der Waals surface area contributed by atoms with Gasteiger partial charge in [-0.2, -0.15) is 13.2 Å². The molecule has 0 spiro atoms. The Hall–Kier alpha value is -3.14. The van der Waals surface area contributed by atoms with E-state index >= 15 is 0 Å². The molecule has 2 aromatic rings. The van der Waals surface area contributed by atoms with E-state index < -0.39 is 41.4 Å².